The van der Waals surface area contributed by atoms with Gasteiger partial charge in [0.25, 0.3) is 11.8 Å². The van der Waals surface area contributed by atoms with E-state index in [1.807, 2.05) is 0 Å². The Morgan fingerprint density at radius 3 is 0.852 bits per heavy atom. The molecule has 0 fully saturated rings. The molecule has 0 heterocycles. The molecule has 0 rings (SSSR count). The first-order chi connectivity index (χ1) is 26.1. The number of rotatable bonds is 41. The van der Waals surface area contributed by atoms with Crippen molar-refractivity contribution in [3.63, 3.8) is 0 Å². The average molecular weight is 769 g/mol. The summed E-state index contributed by atoms with van der Waals surface area (Å²) in [6, 6.07) is -0.791. The number of aliphatic hydroxyl groups is 2. The fourth-order valence-electron chi connectivity index (χ4n) is 7.89. The third-order valence-electron chi connectivity index (χ3n) is 12.0. The topological polar surface area (TPSA) is 98.7 Å². The minimum Gasteiger partial charge on any atom is -0.390 e. The molecular formula is C46H96N4O4+2. The quantitative estimate of drug-likeness (QED) is 0.0368. The number of amides is 2. The van der Waals surface area contributed by atoms with Crippen LogP contribution in [0.25, 0.3) is 0 Å². The van der Waals surface area contributed by atoms with Crippen molar-refractivity contribution in [1.29, 1.82) is 0 Å². The first-order valence-corrected chi connectivity index (χ1v) is 23.5. The normalized spacial score (nSPS) is 13.3. The standard InChI is InChI=1S/C46H94N4O4/c1-7-9-11-13-15-17-23-27-31-35-39-49(3,4)43(41-51)45(53)47-37-33-29-25-21-19-20-22-26-30-34-38-48-46(54)44(42-52)50(5,6)40-36-32-28-24-18-16-14-12-10-8-2/h43-44,51-52H,7-42H2,1-6H3/p+2. The Balaban J connectivity index is 3.86. The number of aliphatic hydroxyl groups excluding tert-OH is 2. The zero-order chi connectivity index (χ0) is 40.2. The number of hydrogen-bond donors (Lipinski definition) is 4. The van der Waals surface area contributed by atoms with Crippen molar-refractivity contribution in [2.24, 2.45) is 0 Å². The summed E-state index contributed by atoms with van der Waals surface area (Å²) >= 11 is 0. The molecule has 0 aliphatic heterocycles. The van der Waals surface area contributed by atoms with Crippen molar-refractivity contribution in [2.75, 3.05) is 67.6 Å². The monoisotopic (exact) mass is 769 g/mol. The summed E-state index contributed by atoms with van der Waals surface area (Å²) in [6.45, 7) is 7.56. The molecule has 2 unspecified atom stereocenters. The van der Waals surface area contributed by atoms with Crippen molar-refractivity contribution < 1.29 is 28.8 Å². The Morgan fingerprint density at radius 1 is 0.389 bits per heavy atom. The molecule has 8 nitrogen and oxygen atoms in total. The van der Waals surface area contributed by atoms with E-state index in [1.165, 1.54) is 154 Å². The predicted octanol–water partition coefficient (Wildman–Crippen LogP) is 9.84. The van der Waals surface area contributed by atoms with E-state index in [0.717, 1.165) is 51.6 Å². The van der Waals surface area contributed by atoms with Crippen LogP contribution in [0.5, 0.6) is 0 Å². The van der Waals surface area contributed by atoms with Crippen LogP contribution < -0.4 is 10.6 Å². The highest BCUT2D eigenvalue weighted by molar-refractivity contribution is 5.81. The Hall–Kier alpha value is -1.22. The zero-order valence-electron chi connectivity index (χ0n) is 37.2. The predicted molar refractivity (Wildman–Crippen MR) is 232 cm³/mol. The summed E-state index contributed by atoms with van der Waals surface area (Å²) in [5.74, 6) is -0.0186. The van der Waals surface area contributed by atoms with Gasteiger partial charge in [-0.15, -0.1) is 0 Å². The van der Waals surface area contributed by atoms with E-state index in [9.17, 15) is 19.8 Å². The molecule has 0 aromatic carbocycles. The molecule has 322 valence electrons. The van der Waals surface area contributed by atoms with Crippen LogP contribution in [-0.2, 0) is 9.59 Å². The second-order valence-corrected chi connectivity index (χ2v) is 17.9. The summed E-state index contributed by atoms with van der Waals surface area (Å²) in [6.07, 6.45) is 37.7. The average Bonchev–Trinajstić information content (AvgIpc) is 3.13. The van der Waals surface area contributed by atoms with Crippen LogP contribution in [0.3, 0.4) is 0 Å². The Kier molecular flexibility index (Phi) is 35.3. The van der Waals surface area contributed by atoms with Crippen LogP contribution in [0.4, 0.5) is 0 Å². The maximum absolute atomic E-state index is 12.9. The molecule has 2 atom stereocenters. The van der Waals surface area contributed by atoms with Crippen LogP contribution in [0.1, 0.15) is 206 Å². The third-order valence-corrected chi connectivity index (χ3v) is 12.0. The fourth-order valence-corrected chi connectivity index (χ4v) is 7.89. The summed E-state index contributed by atoms with van der Waals surface area (Å²) in [4.78, 5) is 25.8. The number of likely N-dealkylation sites (N-methyl/N-ethyl adjacent to an activating group) is 2. The summed E-state index contributed by atoms with van der Waals surface area (Å²) in [5, 5.41) is 26.3. The maximum atomic E-state index is 12.9. The molecule has 0 bridgehead atoms. The molecular weight excluding hydrogens is 673 g/mol. The summed E-state index contributed by atoms with van der Waals surface area (Å²) < 4.78 is 1.10. The molecule has 0 aromatic heterocycles. The van der Waals surface area contributed by atoms with Crippen molar-refractivity contribution in [1.82, 2.24) is 10.6 Å². The number of carbonyl (C=O) groups excluding carboxylic acids is 2. The largest absolute Gasteiger partial charge is 0.390 e. The van der Waals surface area contributed by atoms with Crippen LogP contribution in [0.2, 0.25) is 0 Å². The highest BCUT2D eigenvalue weighted by atomic mass is 16.3. The molecule has 0 saturated heterocycles. The van der Waals surface area contributed by atoms with Gasteiger partial charge in [0.1, 0.15) is 13.2 Å². The lowest BCUT2D eigenvalue weighted by Gasteiger charge is -2.36. The van der Waals surface area contributed by atoms with Crippen LogP contribution >= 0.6 is 0 Å². The van der Waals surface area contributed by atoms with Crippen LogP contribution in [-0.4, -0.2) is 111 Å². The lowest BCUT2D eigenvalue weighted by atomic mass is 10.1. The van der Waals surface area contributed by atoms with Crippen molar-refractivity contribution >= 4 is 11.8 Å². The van der Waals surface area contributed by atoms with Gasteiger partial charge in [-0.25, -0.2) is 0 Å². The van der Waals surface area contributed by atoms with E-state index in [2.05, 4.69) is 52.7 Å². The second kappa shape index (κ2) is 36.1. The number of carbonyl (C=O) groups is 2. The summed E-state index contributed by atoms with van der Waals surface area (Å²) in [7, 11) is 8.34. The van der Waals surface area contributed by atoms with Gasteiger partial charge in [-0.2, -0.15) is 0 Å². The molecule has 0 aliphatic carbocycles. The van der Waals surface area contributed by atoms with Gasteiger partial charge in [0.15, 0.2) is 12.1 Å². The second-order valence-electron chi connectivity index (χ2n) is 17.9. The molecule has 0 radical (unpaired) electrons. The first-order valence-electron chi connectivity index (χ1n) is 23.5. The van der Waals surface area contributed by atoms with E-state index in [4.69, 9.17) is 0 Å². The molecule has 0 aliphatic rings. The van der Waals surface area contributed by atoms with E-state index in [-0.39, 0.29) is 25.0 Å². The number of nitrogens with zero attached hydrogens (tertiary/aromatic N) is 2. The third kappa shape index (κ3) is 29.1. The van der Waals surface area contributed by atoms with E-state index >= 15 is 0 Å². The zero-order valence-corrected chi connectivity index (χ0v) is 37.2. The van der Waals surface area contributed by atoms with Crippen molar-refractivity contribution in [3.05, 3.63) is 0 Å². The van der Waals surface area contributed by atoms with Crippen LogP contribution in [0.15, 0.2) is 0 Å². The first kappa shape index (κ1) is 52.8. The molecule has 0 aromatic rings. The van der Waals surface area contributed by atoms with E-state index < -0.39 is 12.1 Å². The number of hydrogen-bond acceptors (Lipinski definition) is 4. The number of unbranched alkanes of at least 4 members (excludes halogenated alkanes) is 27. The number of nitrogens with one attached hydrogen (secondary N) is 2. The highest BCUT2D eigenvalue weighted by Crippen LogP contribution is 2.16. The van der Waals surface area contributed by atoms with Crippen molar-refractivity contribution in [3.8, 4) is 0 Å². The van der Waals surface area contributed by atoms with Gasteiger partial charge in [-0.3, -0.25) is 9.59 Å². The number of quaternary nitrogens is 2. The summed E-state index contributed by atoms with van der Waals surface area (Å²) in [5.41, 5.74) is 0. The fraction of sp³-hybridized carbons (Fsp3) is 0.957. The van der Waals surface area contributed by atoms with Gasteiger partial charge in [0.2, 0.25) is 0 Å². The van der Waals surface area contributed by atoms with Crippen LogP contribution in [0, 0.1) is 0 Å². The molecule has 4 N–H and O–H groups in total. The Labute approximate surface area is 336 Å². The molecule has 8 heteroatoms. The minimum absolute atomic E-state index is 0.00930. The van der Waals surface area contributed by atoms with E-state index in [1.54, 1.807) is 0 Å². The van der Waals surface area contributed by atoms with Gasteiger partial charge in [0, 0.05) is 13.1 Å². The smallest absolute Gasteiger partial charge is 0.280 e. The molecule has 2 amide bonds. The van der Waals surface area contributed by atoms with Gasteiger partial charge < -0.3 is 29.8 Å². The molecule has 0 spiro atoms. The minimum atomic E-state index is -0.396. The van der Waals surface area contributed by atoms with Gasteiger partial charge in [-0.05, 0) is 38.5 Å². The van der Waals surface area contributed by atoms with Gasteiger partial charge in [0.05, 0.1) is 41.3 Å². The molecule has 0 saturated carbocycles. The Bertz CT molecular complexity index is 785. The van der Waals surface area contributed by atoms with Gasteiger partial charge >= 0.3 is 0 Å². The lowest BCUT2D eigenvalue weighted by molar-refractivity contribution is -0.906. The maximum Gasteiger partial charge on any atom is 0.280 e. The van der Waals surface area contributed by atoms with Crippen molar-refractivity contribution in [2.45, 2.75) is 219 Å². The molecule has 54 heavy (non-hydrogen) atoms. The lowest BCUT2D eigenvalue weighted by Crippen LogP contribution is -2.58. The Morgan fingerprint density at radius 2 is 0.611 bits per heavy atom. The SMILES string of the molecule is CCCCCCCCCCCC[N+](C)(C)C(CO)C(=O)NCCCCCCCCCCCCNC(=O)C(CO)[N+](C)(C)CCCCCCCCCCCC. The van der Waals surface area contributed by atoms with Gasteiger partial charge in [-0.1, -0.05) is 168 Å². The van der Waals surface area contributed by atoms with E-state index in [0.29, 0.717) is 22.1 Å². The highest BCUT2D eigenvalue weighted by Gasteiger charge is 2.34.